The Morgan fingerprint density at radius 1 is 1.10 bits per heavy atom. The van der Waals surface area contributed by atoms with Crippen LogP contribution in [-0.2, 0) is 11.3 Å². The van der Waals surface area contributed by atoms with Crippen LogP contribution in [0.15, 0.2) is 66.7 Å². The third-order valence-electron chi connectivity index (χ3n) is 5.42. The van der Waals surface area contributed by atoms with Gasteiger partial charge in [0, 0.05) is 30.3 Å². The predicted octanol–water partition coefficient (Wildman–Crippen LogP) is 2.86. The van der Waals surface area contributed by atoms with Crippen LogP contribution < -0.4 is 11.1 Å². The van der Waals surface area contributed by atoms with Gasteiger partial charge >= 0.3 is 0 Å². The zero-order chi connectivity index (χ0) is 21.4. The summed E-state index contributed by atoms with van der Waals surface area (Å²) >= 11 is 0. The summed E-state index contributed by atoms with van der Waals surface area (Å²) in [6.07, 6.45) is 0. The van der Waals surface area contributed by atoms with Crippen molar-refractivity contribution in [2.24, 2.45) is 5.73 Å². The van der Waals surface area contributed by atoms with Crippen LogP contribution in [0.1, 0.15) is 26.3 Å². The first kappa shape index (κ1) is 19.4. The van der Waals surface area contributed by atoms with E-state index in [4.69, 9.17) is 5.73 Å². The Balaban J connectivity index is 1.75. The van der Waals surface area contributed by atoms with Crippen molar-refractivity contribution in [3.8, 4) is 11.1 Å². The Morgan fingerprint density at radius 2 is 1.83 bits per heavy atom. The molecule has 6 nitrogen and oxygen atoms in total. The molecule has 3 aromatic carbocycles. The third-order valence-corrected chi connectivity index (χ3v) is 5.42. The lowest BCUT2D eigenvalue weighted by Crippen LogP contribution is -2.30. The van der Waals surface area contributed by atoms with Crippen molar-refractivity contribution >= 4 is 28.5 Å². The minimum absolute atomic E-state index is 0.109. The maximum Gasteiger partial charge on any atom is 0.254 e. The van der Waals surface area contributed by atoms with E-state index in [1.54, 1.807) is 18.0 Å². The first-order chi connectivity index (χ1) is 14.4. The topological polar surface area (TPSA) is 92.5 Å². The number of primary amides is 1. The molecule has 1 aliphatic rings. The average molecular weight is 399 g/mol. The number of fused-ring (bicyclic) bond motifs is 3. The van der Waals surface area contributed by atoms with Crippen molar-refractivity contribution in [2.75, 3.05) is 13.6 Å². The SMILES string of the molecule is C=C(CN1Cc2c(ccc3ccc(-c4cccc(C(=O)NC)c4)cc23)C1=O)C(N)=O. The molecular weight excluding hydrogens is 378 g/mol. The van der Waals surface area contributed by atoms with Crippen molar-refractivity contribution in [2.45, 2.75) is 6.54 Å². The van der Waals surface area contributed by atoms with Crippen LogP contribution in [0.3, 0.4) is 0 Å². The molecule has 150 valence electrons. The van der Waals surface area contributed by atoms with E-state index < -0.39 is 5.91 Å². The standard InChI is InChI=1S/C24H21N3O3/c1-14(22(25)28)12-27-13-21-19(24(27)30)9-8-15-6-7-17(11-20(15)21)16-4-3-5-18(10-16)23(29)26-2/h3-11H,1,12-13H2,2H3,(H2,25,28)(H,26,29). The van der Waals surface area contributed by atoms with Gasteiger partial charge in [0.05, 0.1) is 6.54 Å². The molecule has 6 heteroatoms. The fourth-order valence-corrected chi connectivity index (χ4v) is 3.79. The van der Waals surface area contributed by atoms with Crippen LogP contribution in [0, 0.1) is 0 Å². The quantitative estimate of drug-likeness (QED) is 0.646. The predicted molar refractivity (Wildman–Crippen MR) is 116 cm³/mol. The van der Waals surface area contributed by atoms with Gasteiger partial charge in [0.25, 0.3) is 11.8 Å². The van der Waals surface area contributed by atoms with E-state index in [2.05, 4.69) is 11.9 Å². The van der Waals surface area contributed by atoms with Gasteiger partial charge in [0.15, 0.2) is 0 Å². The molecule has 0 saturated heterocycles. The van der Waals surface area contributed by atoms with Gasteiger partial charge in [-0.15, -0.1) is 0 Å². The molecule has 0 saturated carbocycles. The summed E-state index contributed by atoms with van der Waals surface area (Å²) in [6.45, 7) is 4.16. The maximum atomic E-state index is 12.8. The zero-order valence-corrected chi connectivity index (χ0v) is 16.6. The summed E-state index contributed by atoms with van der Waals surface area (Å²) < 4.78 is 0. The minimum Gasteiger partial charge on any atom is -0.366 e. The van der Waals surface area contributed by atoms with Crippen molar-refractivity contribution in [1.82, 2.24) is 10.2 Å². The lowest BCUT2D eigenvalue weighted by Gasteiger charge is -2.15. The normalized spacial score (nSPS) is 12.7. The minimum atomic E-state index is -0.609. The van der Waals surface area contributed by atoms with E-state index in [-0.39, 0.29) is 23.9 Å². The summed E-state index contributed by atoms with van der Waals surface area (Å²) in [4.78, 5) is 37.7. The van der Waals surface area contributed by atoms with Crippen LogP contribution in [0.2, 0.25) is 0 Å². The Morgan fingerprint density at radius 3 is 2.57 bits per heavy atom. The molecule has 0 bridgehead atoms. The molecule has 0 spiro atoms. The highest BCUT2D eigenvalue weighted by atomic mass is 16.2. The molecule has 3 N–H and O–H groups in total. The van der Waals surface area contributed by atoms with Crippen LogP contribution in [0.4, 0.5) is 0 Å². The first-order valence-corrected chi connectivity index (χ1v) is 9.54. The van der Waals surface area contributed by atoms with E-state index in [9.17, 15) is 14.4 Å². The third kappa shape index (κ3) is 3.33. The number of nitrogens with two attached hydrogens (primary N) is 1. The molecule has 1 aliphatic heterocycles. The number of nitrogens with one attached hydrogen (secondary N) is 1. The largest absolute Gasteiger partial charge is 0.366 e. The number of rotatable bonds is 5. The number of amides is 3. The lowest BCUT2D eigenvalue weighted by molar-refractivity contribution is -0.114. The number of benzene rings is 3. The summed E-state index contributed by atoms with van der Waals surface area (Å²) in [5, 5.41) is 4.62. The fourth-order valence-electron chi connectivity index (χ4n) is 3.79. The van der Waals surface area contributed by atoms with Gasteiger partial charge in [-0.25, -0.2) is 0 Å². The van der Waals surface area contributed by atoms with Crippen molar-refractivity contribution in [3.05, 3.63) is 83.4 Å². The molecule has 0 unspecified atom stereocenters. The van der Waals surface area contributed by atoms with Gasteiger partial charge in [-0.1, -0.05) is 36.9 Å². The van der Waals surface area contributed by atoms with Gasteiger partial charge in [-0.2, -0.15) is 0 Å². The molecule has 4 rings (SSSR count). The highest BCUT2D eigenvalue weighted by molar-refractivity contribution is 6.06. The van der Waals surface area contributed by atoms with Gasteiger partial charge in [0.1, 0.15) is 0 Å². The molecule has 3 amide bonds. The second kappa shape index (κ2) is 7.48. The number of hydrogen-bond donors (Lipinski definition) is 2. The van der Waals surface area contributed by atoms with Gasteiger partial charge in [-0.3, -0.25) is 14.4 Å². The lowest BCUT2D eigenvalue weighted by atomic mass is 9.95. The molecule has 0 fully saturated rings. The van der Waals surface area contributed by atoms with Gasteiger partial charge < -0.3 is 16.0 Å². The maximum absolute atomic E-state index is 12.8. The summed E-state index contributed by atoms with van der Waals surface area (Å²) in [5.74, 6) is -0.891. The molecular formula is C24H21N3O3. The van der Waals surface area contributed by atoms with Crippen molar-refractivity contribution in [3.63, 3.8) is 0 Å². The zero-order valence-electron chi connectivity index (χ0n) is 16.6. The van der Waals surface area contributed by atoms with Crippen LogP contribution in [0.5, 0.6) is 0 Å². The first-order valence-electron chi connectivity index (χ1n) is 9.54. The highest BCUT2D eigenvalue weighted by Gasteiger charge is 2.29. The second-order valence-electron chi connectivity index (χ2n) is 7.32. The number of nitrogens with zero attached hydrogens (tertiary/aromatic N) is 1. The van der Waals surface area contributed by atoms with E-state index in [0.717, 1.165) is 27.5 Å². The monoisotopic (exact) mass is 399 g/mol. The molecule has 30 heavy (non-hydrogen) atoms. The second-order valence-corrected chi connectivity index (χ2v) is 7.32. The van der Waals surface area contributed by atoms with Crippen LogP contribution in [-0.4, -0.2) is 36.2 Å². The number of carbonyl (C=O) groups is 3. The molecule has 1 heterocycles. The van der Waals surface area contributed by atoms with Gasteiger partial charge in [-0.05, 0) is 51.7 Å². The van der Waals surface area contributed by atoms with E-state index in [1.807, 2.05) is 48.5 Å². The Bertz CT molecular complexity index is 1230. The van der Waals surface area contributed by atoms with E-state index >= 15 is 0 Å². The molecule has 0 aromatic heterocycles. The fraction of sp³-hybridized carbons (Fsp3) is 0.125. The summed E-state index contributed by atoms with van der Waals surface area (Å²) in [6, 6.07) is 17.2. The van der Waals surface area contributed by atoms with Crippen LogP contribution in [0.25, 0.3) is 21.9 Å². The van der Waals surface area contributed by atoms with Crippen LogP contribution >= 0.6 is 0 Å². The Kier molecular flexibility index (Phi) is 4.83. The molecule has 0 atom stereocenters. The summed E-state index contributed by atoms with van der Waals surface area (Å²) in [5.41, 5.74) is 9.47. The van der Waals surface area contributed by atoms with Crippen molar-refractivity contribution < 1.29 is 14.4 Å². The summed E-state index contributed by atoms with van der Waals surface area (Å²) in [7, 11) is 1.60. The molecule has 0 aliphatic carbocycles. The van der Waals surface area contributed by atoms with Crippen molar-refractivity contribution in [1.29, 1.82) is 0 Å². The number of hydrogen-bond acceptors (Lipinski definition) is 3. The molecule has 0 radical (unpaired) electrons. The smallest absolute Gasteiger partial charge is 0.254 e. The Labute approximate surface area is 174 Å². The molecule has 3 aromatic rings. The van der Waals surface area contributed by atoms with E-state index in [1.165, 1.54) is 0 Å². The number of carbonyl (C=O) groups excluding carboxylic acids is 3. The van der Waals surface area contributed by atoms with Gasteiger partial charge in [0.2, 0.25) is 5.91 Å². The Hall–Kier alpha value is -3.93. The van der Waals surface area contributed by atoms with E-state index in [0.29, 0.717) is 17.7 Å². The highest BCUT2D eigenvalue weighted by Crippen LogP contribution is 2.33. The average Bonchev–Trinajstić information content (AvgIpc) is 3.08.